The van der Waals surface area contributed by atoms with E-state index in [2.05, 4.69) is 0 Å². The van der Waals surface area contributed by atoms with Crippen LogP contribution < -0.4 is 0 Å². The van der Waals surface area contributed by atoms with E-state index < -0.39 is 18.1 Å². The highest BCUT2D eigenvalue weighted by Crippen LogP contribution is 2.38. The number of amides is 1. The van der Waals surface area contributed by atoms with Gasteiger partial charge in [0, 0.05) is 19.4 Å². The van der Waals surface area contributed by atoms with Gasteiger partial charge in [0.1, 0.15) is 11.8 Å². The van der Waals surface area contributed by atoms with Gasteiger partial charge in [0.15, 0.2) is 0 Å². The highest BCUT2D eigenvalue weighted by molar-refractivity contribution is 5.81. The first-order valence-corrected chi connectivity index (χ1v) is 6.24. The van der Waals surface area contributed by atoms with Crippen LogP contribution in [0.5, 0.6) is 0 Å². The van der Waals surface area contributed by atoms with Crippen LogP contribution in [0.15, 0.2) is 0 Å². The molecule has 1 saturated carbocycles. The van der Waals surface area contributed by atoms with Crippen LogP contribution in [-0.2, 0) is 9.59 Å². The topological polar surface area (TPSA) is 94.9 Å². The second kappa shape index (κ2) is 4.96. The highest BCUT2D eigenvalue weighted by atomic mass is 16.4. The molecule has 1 amide bonds. The predicted molar refractivity (Wildman–Crippen MR) is 61.2 cm³/mol. The van der Waals surface area contributed by atoms with Crippen molar-refractivity contribution in [2.75, 3.05) is 6.54 Å². The third kappa shape index (κ3) is 2.32. The fraction of sp³-hybridized carbons (Fsp3) is 0.750. The summed E-state index contributed by atoms with van der Waals surface area (Å²) in [5.41, 5.74) is 0. The van der Waals surface area contributed by atoms with E-state index in [1.54, 1.807) is 0 Å². The van der Waals surface area contributed by atoms with Gasteiger partial charge in [0.05, 0.1) is 0 Å². The van der Waals surface area contributed by atoms with Gasteiger partial charge in [-0.25, -0.2) is 9.59 Å². The smallest absolute Gasteiger partial charge is 0.408 e. The zero-order chi connectivity index (χ0) is 13.3. The molecule has 6 nitrogen and oxygen atoms in total. The summed E-state index contributed by atoms with van der Waals surface area (Å²) in [7, 11) is 0. The Bertz CT molecular complexity index is 371. The molecule has 2 fully saturated rings. The summed E-state index contributed by atoms with van der Waals surface area (Å²) in [6, 6.07) is -0.944. The third-order valence-corrected chi connectivity index (χ3v) is 4.14. The van der Waals surface area contributed by atoms with Crippen LogP contribution in [0.2, 0.25) is 0 Å². The summed E-state index contributed by atoms with van der Waals surface area (Å²) in [6.45, 7) is 0.279. The lowest BCUT2D eigenvalue weighted by Gasteiger charge is -2.30. The summed E-state index contributed by atoms with van der Waals surface area (Å²) >= 11 is 0. The Morgan fingerprint density at radius 2 is 1.72 bits per heavy atom. The standard InChI is InChI=1S/C12H17NO5/c14-8-3-1-7(2-4-8)9-5-6-13(12(17)18)10(9)11(15)16/h7,9-10H,1-6H2,(H,15,16)(H,17,18)/t9-,10-/m1/s1. The van der Waals surface area contributed by atoms with Crippen LogP contribution in [0.4, 0.5) is 4.79 Å². The molecule has 18 heavy (non-hydrogen) atoms. The number of rotatable bonds is 2. The van der Waals surface area contributed by atoms with Gasteiger partial charge in [-0.2, -0.15) is 0 Å². The molecular weight excluding hydrogens is 238 g/mol. The number of ketones is 1. The van der Waals surface area contributed by atoms with E-state index >= 15 is 0 Å². The van der Waals surface area contributed by atoms with Crippen LogP contribution >= 0.6 is 0 Å². The zero-order valence-corrected chi connectivity index (χ0v) is 10.0. The number of carbonyl (C=O) groups excluding carboxylic acids is 1. The number of hydrogen-bond acceptors (Lipinski definition) is 3. The molecule has 100 valence electrons. The first kappa shape index (κ1) is 12.9. The third-order valence-electron chi connectivity index (χ3n) is 4.14. The summed E-state index contributed by atoms with van der Waals surface area (Å²) in [5, 5.41) is 18.2. The fourth-order valence-electron chi connectivity index (χ4n) is 3.23. The Hall–Kier alpha value is -1.59. The van der Waals surface area contributed by atoms with Gasteiger partial charge in [-0.3, -0.25) is 9.69 Å². The summed E-state index contributed by atoms with van der Waals surface area (Å²) in [4.78, 5) is 34.5. The van der Waals surface area contributed by atoms with E-state index in [9.17, 15) is 19.5 Å². The minimum absolute atomic E-state index is 0.147. The molecule has 2 aliphatic rings. The number of likely N-dealkylation sites (tertiary alicyclic amines) is 1. The minimum Gasteiger partial charge on any atom is -0.480 e. The zero-order valence-electron chi connectivity index (χ0n) is 10.0. The van der Waals surface area contributed by atoms with E-state index in [4.69, 9.17) is 5.11 Å². The van der Waals surface area contributed by atoms with E-state index in [-0.39, 0.29) is 24.2 Å². The number of carboxylic acid groups (broad SMARTS) is 2. The van der Waals surface area contributed by atoms with Crippen molar-refractivity contribution in [2.45, 2.75) is 38.1 Å². The average molecular weight is 255 g/mol. The Balaban J connectivity index is 2.10. The molecule has 1 saturated heterocycles. The van der Waals surface area contributed by atoms with Gasteiger partial charge >= 0.3 is 12.1 Å². The number of Topliss-reactive ketones (excluding diaryl/α,β-unsaturated/α-hetero) is 1. The number of aliphatic carboxylic acids is 1. The molecular formula is C12H17NO5. The van der Waals surface area contributed by atoms with Crippen LogP contribution in [0.3, 0.4) is 0 Å². The molecule has 0 aromatic carbocycles. The quantitative estimate of drug-likeness (QED) is 0.773. The van der Waals surface area contributed by atoms with E-state index in [0.29, 0.717) is 32.1 Å². The van der Waals surface area contributed by atoms with Crippen molar-refractivity contribution < 1.29 is 24.6 Å². The highest BCUT2D eigenvalue weighted by Gasteiger charge is 2.45. The molecule has 1 aliphatic heterocycles. The van der Waals surface area contributed by atoms with E-state index in [1.807, 2.05) is 0 Å². The molecule has 0 aromatic rings. The van der Waals surface area contributed by atoms with Crippen molar-refractivity contribution in [3.05, 3.63) is 0 Å². The Kier molecular flexibility index (Phi) is 3.54. The molecule has 1 aliphatic carbocycles. The maximum Gasteiger partial charge on any atom is 0.408 e. The van der Waals surface area contributed by atoms with Crippen molar-refractivity contribution >= 4 is 17.8 Å². The Morgan fingerprint density at radius 1 is 1.11 bits per heavy atom. The van der Waals surface area contributed by atoms with Crippen LogP contribution in [0.1, 0.15) is 32.1 Å². The van der Waals surface area contributed by atoms with Gasteiger partial charge in [-0.1, -0.05) is 0 Å². The van der Waals surface area contributed by atoms with Crippen molar-refractivity contribution in [2.24, 2.45) is 11.8 Å². The summed E-state index contributed by atoms with van der Waals surface area (Å²) in [6.07, 6.45) is 1.81. The SMILES string of the molecule is O=C1CCC([C@H]2CCN(C(=O)O)[C@H]2C(=O)O)CC1. The predicted octanol–water partition coefficient (Wildman–Crippen LogP) is 1.20. The number of carboxylic acids is 1. The molecule has 0 bridgehead atoms. The maximum absolute atomic E-state index is 11.3. The molecule has 2 atom stereocenters. The van der Waals surface area contributed by atoms with Crippen LogP contribution in [0.25, 0.3) is 0 Å². The normalized spacial score (nSPS) is 29.6. The molecule has 6 heteroatoms. The van der Waals surface area contributed by atoms with Crippen molar-refractivity contribution in [1.29, 1.82) is 0 Å². The van der Waals surface area contributed by atoms with Gasteiger partial charge in [-0.15, -0.1) is 0 Å². The van der Waals surface area contributed by atoms with Crippen LogP contribution in [0, 0.1) is 11.8 Å². The lowest BCUT2D eigenvalue weighted by atomic mass is 9.76. The van der Waals surface area contributed by atoms with Crippen LogP contribution in [-0.4, -0.2) is 45.5 Å². The van der Waals surface area contributed by atoms with E-state index in [1.165, 1.54) is 0 Å². The number of nitrogens with zero attached hydrogens (tertiary/aromatic N) is 1. The second-order valence-electron chi connectivity index (χ2n) is 5.09. The van der Waals surface area contributed by atoms with E-state index in [0.717, 1.165) is 4.90 Å². The molecule has 0 radical (unpaired) electrons. The largest absolute Gasteiger partial charge is 0.480 e. The van der Waals surface area contributed by atoms with Gasteiger partial charge in [-0.05, 0) is 31.1 Å². The van der Waals surface area contributed by atoms with Crippen molar-refractivity contribution in [3.63, 3.8) is 0 Å². The van der Waals surface area contributed by atoms with Crippen molar-refractivity contribution in [3.8, 4) is 0 Å². The Morgan fingerprint density at radius 3 is 2.22 bits per heavy atom. The second-order valence-corrected chi connectivity index (χ2v) is 5.09. The minimum atomic E-state index is -1.17. The Labute approximate surface area is 105 Å². The lowest BCUT2D eigenvalue weighted by Crippen LogP contribution is -2.44. The van der Waals surface area contributed by atoms with Gasteiger partial charge in [0.2, 0.25) is 0 Å². The summed E-state index contributed by atoms with van der Waals surface area (Å²) in [5.74, 6) is -0.831. The van der Waals surface area contributed by atoms with Gasteiger partial charge < -0.3 is 10.2 Å². The molecule has 0 aromatic heterocycles. The van der Waals surface area contributed by atoms with Gasteiger partial charge in [0.25, 0.3) is 0 Å². The molecule has 2 N–H and O–H groups in total. The molecule has 1 heterocycles. The molecule has 0 unspecified atom stereocenters. The average Bonchev–Trinajstić information content (AvgIpc) is 2.74. The number of carbonyl (C=O) groups is 3. The number of hydrogen-bond donors (Lipinski definition) is 2. The van der Waals surface area contributed by atoms with Crippen molar-refractivity contribution in [1.82, 2.24) is 4.90 Å². The lowest BCUT2D eigenvalue weighted by molar-refractivity contribution is -0.143. The first-order valence-electron chi connectivity index (χ1n) is 6.24. The maximum atomic E-state index is 11.3. The molecule has 0 spiro atoms. The fourth-order valence-corrected chi connectivity index (χ4v) is 3.23. The first-order chi connectivity index (χ1) is 8.50. The monoisotopic (exact) mass is 255 g/mol. The molecule has 2 rings (SSSR count). The summed E-state index contributed by atoms with van der Waals surface area (Å²) < 4.78 is 0.